The quantitative estimate of drug-likeness (QED) is 0.828. The average Bonchev–Trinajstić information content (AvgIpc) is 2.26. The Morgan fingerprint density at radius 1 is 1.30 bits per heavy atom. The van der Waals surface area contributed by atoms with Gasteiger partial charge in [-0.05, 0) is 31.0 Å². The van der Waals surface area contributed by atoms with E-state index in [0.717, 1.165) is 5.56 Å². The lowest BCUT2D eigenvalue weighted by molar-refractivity contribution is -0.116. The van der Waals surface area contributed by atoms with Crippen molar-refractivity contribution in [3.63, 3.8) is 0 Å². The van der Waals surface area contributed by atoms with Crippen molar-refractivity contribution in [1.82, 2.24) is 0 Å². The van der Waals surface area contributed by atoms with Gasteiger partial charge in [0.25, 0.3) is 0 Å². The summed E-state index contributed by atoms with van der Waals surface area (Å²) in [7, 11) is -2.95. The SMILES string of the molecule is CC(N)CC(=O)Nc1ccc(CCS(C)(=O)=O)cc1.Cl. The fourth-order valence-electron chi connectivity index (χ4n) is 1.56. The van der Waals surface area contributed by atoms with Crippen LogP contribution in [0.25, 0.3) is 0 Å². The predicted molar refractivity (Wildman–Crippen MR) is 84.0 cm³/mol. The Labute approximate surface area is 126 Å². The number of sulfone groups is 1. The number of hydrogen-bond donors (Lipinski definition) is 2. The van der Waals surface area contributed by atoms with Crippen molar-refractivity contribution in [2.24, 2.45) is 5.73 Å². The Morgan fingerprint density at radius 3 is 2.30 bits per heavy atom. The van der Waals surface area contributed by atoms with E-state index in [-0.39, 0.29) is 36.5 Å². The van der Waals surface area contributed by atoms with E-state index in [0.29, 0.717) is 12.1 Å². The molecular formula is C13H21ClN2O3S. The van der Waals surface area contributed by atoms with E-state index in [9.17, 15) is 13.2 Å². The van der Waals surface area contributed by atoms with E-state index < -0.39 is 9.84 Å². The highest BCUT2D eigenvalue weighted by atomic mass is 35.5. The van der Waals surface area contributed by atoms with Gasteiger partial charge >= 0.3 is 0 Å². The highest BCUT2D eigenvalue weighted by Gasteiger charge is 2.06. The van der Waals surface area contributed by atoms with Crippen LogP contribution in [0.5, 0.6) is 0 Å². The van der Waals surface area contributed by atoms with E-state index >= 15 is 0 Å². The Hall–Kier alpha value is -1.11. The standard InChI is InChI=1S/C13H20N2O3S.ClH/c1-10(14)9-13(16)15-12-5-3-11(4-6-12)7-8-19(2,17)18;/h3-6,10H,7-9,14H2,1-2H3,(H,15,16);1H. The van der Waals surface area contributed by atoms with Gasteiger partial charge < -0.3 is 11.1 Å². The summed E-state index contributed by atoms with van der Waals surface area (Å²) in [5.41, 5.74) is 7.15. The molecule has 1 atom stereocenters. The van der Waals surface area contributed by atoms with Crippen LogP contribution in [0.3, 0.4) is 0 Å². The number of nitrogens with one attached hydrogen (secondary N) is 1. The fraction of sp³-hybridized carbons (Fsp3) is 0.462. The number of hydrogen-bond acceptors (Lipinski definition) is 4. The van der Waals surface area contributed by atoms with Crippen LogP contribution in [0.1, 0.15) is 18.9 Å². The maximum Gasteiger partial charge on any atom is 0.225 e. The van der Waals surface area contributed by atoms with Gasteiger partial charge in [-0.2, -0.15) is 0 Å². The summed E-state index contributed by atoms with van der Waals surface area (Å²) in [5, 5.41) is 2.74. The Morgan fingerprint density at radius 2 is 1.85 bits per heavy atom. The Bertz CT molecular complexity index is 527. The number of benzene rings is 1. The van der Waals surface area contributed by atoms with E-state index in [2.05, 4.69) is 5.32 Å². The number of anilines is 1. The van der Waals surface area contributed by atoms with Gasteiger partial charge in [0.15, 0.2) is 0 Å². The Balaban J connectivity index is 0.00000361. The highest BCUT2D eigenvalue weighted by molar-refractivity contribution is 7.90. The summed E-state index contributed by atoms with van der Waals surface area (Å²) in [6, 6.07) is 6.97. The summed E-state index contributed by atoms with van der Waals surface area (Å²) in [6.07, 6.45) is 1.97. The smallest absolute Gasteiger partial charge is 0.225 e. The number of carbonyl (C=O) groups excluding carboxylic acids is 1. The second kappa shape index (κ2) is 8.24. The number of aryl methyl sites for hydroxylation is 1. The van der Waals surface area contributed by atoms with Crippen LogP contribution in [0.4, 0.5) is 5.69 Å². The molecule has 0 aliphatic rings. The summed E-state index contributed by atoms with van der Waals surface area (Å²) < 4.78 is 22.1. The molecule has 1 amide bonds. The highest BCUT2D eigenvalue weighted by Crippen LogP contribution is 2.11. The molecule has 1 aromatic rings. The van der Waals surface area contributed by atoms with Gasteiger partial charge in [-0.3, -0.25) is 4.79 Å². The first-order valence-corrected chi connectivity index (χ1v) is 8.14. The van der Waals surface area contributed by atoms with Crippen molar-refractivity contribution in [3.05, 3.63) is 29.8 Å². The zero-order chi connectivity index (χ0) is 14.5. The van der Waals surface area contributed by atoms with E-state index in [4.69, 9.17) is 5.73 Å². The maximum absolute atomic E-state index is 11.5. The molecule has 3 N–H and O–H groups in total. The van der Waals surface area contributed by atoms with Gasteiger partial charge in [0.1, 0.15) is 9.84 Å². The summed E-state index contributed by atoms with van der Waals surface area (Å²) in [4.78, 5) is 11.5. The van der Waals surface area contributed by atoms with Crippen LogP contribution in [0.15, 0.2) is 24.3 Å². The van der Waals surface area contributed by atoms with Gasteiger partial charge in [-0.1, -0.05) is 12.1 Å². The molecular weight excluding hydrogens is 300 g/mol. The van der Waals surface area contributed by atoms with Crippen molar-refractivity contribution >= 4 is 33.8 Å². The van der Waals surface area contributed by atoms with Crippen LogP contribution in [0, 0.1) is 0 Å². The molecule has 7 heteroatoms. The van der Waals surface area contributed by atoms with Crippen LogP contribution in [0.2, 0.25) is 0 Å². The largest absolute Gasteiger partial charge is 0.327 e. The van der Waals surface area contributed by atoms with Gasteiger partial charge in [-0.25, -0.2) is 8.42 Å². The normalized spacial score (nSPS) is 12.3. The maximum atomic E-state index is 11.5. The monoisotopic (exact) mass is 320 g/mol. The second-order valence-electron chi connectivity index (χ2n) is 4.81. The van der Waals surface area contributed by atoms with Crippen molar-refractivity contribution in [2.75, 3.05) is 17.3 Å². The van der Waals surface area contributed by atoms with Gasteiger partial charge in [0.2, 0.25) is 5.91 Å². The fourth-order valence-corrected chi connectivity index (χ4v) is 2.17. The van der Waals surface area contributed by atoms with E-state index in [1.165, 1.54) is 6.26 Å². The summed E-state index contributed by atoms with van der Waals surface area (Å²) in [5.74, 6) is 0.00234. The molecule has 0 aromatic heterocycles. The van der Waals surface area contributed by atoms with Crippen molar-refractivity contribution < 1.29 is 13.2 Å². The topological polar surface area (TPSA) is 89.3 Å². The molecule has 1 aromatic carbocycles. The van der Waals surface area contributed by atoms with E-state index in [1.807, 2.05) is 12.1 Å². The minimum Gasteiger partial charge on any atom is -0.327 e. The van der Waals surface area contributed by atoms with Crippen LogP contribution < -0.4 is 11.1 Å². The molecule has 0 aliphatic carbocycles. The van der Waals surface area contributed by atoms with Crippen LogP contribution in [-0.2, 0) is 21.1 Å². The number of halogens is 1. The predicted octanol–water partition coefficient (Wildman–Crippen LogP) is 1.37. The molecule has 1 unspecified atom stereocenters. The molecule has 0 aliphatic heterocycles. The first-order chi connectivity index (χ1) is 8.76. The van der Waals surface area contributed by atoms with Crippen molar-refractivity contribution in [1.29, 1.82) is 0 Å². The molecule has 0 spiro atoms. The molecule has 20 heavy (non-hydrogen) atoms. The molecule has 0 saturated carbocycles. The van der Waals surface area contributed by atoms with Crippen LogP contribution in [-0.4, -0.2) is 32.4 Å². The minimum atomic E-state index is -2.95. The average molecular weight is 321 g/mol. The third kappa shape index (κ3) is 8.14. The summed E-state index contributed by atoms with van der Waals surface area (Å²) in [6.45, 7) is 1.77. The molecule has 0 radical (unpaired) electrons. The third-order valence-electron chi connectivity index (χ3n) is 2.51. The molecule has 114 valence electrons. The zero-order valence-corrected chi connectivity index (χ0v) is 13.3. The molecule has 0 saturated heterocycles. The first-order valence-electron chi connectivity index (χ1n) is 6.08. The molecule has 0 bridgehead atoms. The zero-order valence-electron chi connectivity index (χ0n) is 11.6. The first kappa shape index (κ1) is 18.9. The van der Waals surface area contributed by atoms with Crippen molar-refractivity contribution in [3.8, 4) is 0 Å². The lowest BCUT2D eigenvalue weighted by Gasteiger charge is -2.08. The number of amides is 1. The van der Waals surface area contributed by atoms with E-state index in [1.54, 1.807) is 19.1 Å². The lowest BCUT2D eigenvalue weighted by atomic mass is 10.1. The Kier molecular flexibility index (Phi) is 7.78. The third-order valence-corrected chi connectivity index (χ3v) is 3.45. The second-order valence-corrected chi connectivity index (χ2v) is 7.07. The number of rotatable bonds is 6. The molecule has 5 nitrogen and oxygen atoms in total. The molecule has 0 heterocycles. The van der Waals surface area contributed by atoms with Gasteiger partial charge in [-0.15, -0.1) is 12.4 Å². The minimum absolute atomic E-state index is 0. The van der Waals surface area contributed by atoms with Gasteiger partial charge in [0.05, 0.1) is 5.75 Å². The molecule has 0 fully saturated rings. The van der Waals surface area contributed by atoms with Crippen molar-refractivity contribution in [2.45, 2.75) is 25.8 Å². The number of carbonyl (C=O) groups is 1. The molecule has 1 rings (SSSR count). The lowest BCUT2D eigenvalue weighted by Crippen LogP contribution is -2.23. The van der Waals surface area contributed by atoms with Crippen LogP contribution >= 0.6 is 12.4 Å². The van der Waals surface area contributed by atoms with Gasteiger partial charge in [0, 0.05) is 24.4 Å². The number of nitrogens with two attached hydrogens (primary N) is 1. The summed E-state index contributed by atoms with van der Waals surface area (Å²) >= 11 is 0.